The van der Waals surface area contributed by atoms with E-state index in [0.717, 1.165) is 23.4 Å². The number of anilines is 1. The Balaban J connectivity index is 1.99. The van der Waals surface area contributed by atoms with Gasteiger partial charge in [-0.15, -0.1) is 0 Å². The van der Waals surface area contributed by atoms with Crippen LogP contribution < -0.4 is 5.32 Å². The summed E-state index contributed by atoms with van der Waals surface area (Å²) in [7, 11) is 0. The summed E-state index contributed by atoms with van der Waals surface area (Å²) < 4.78 is 2.09. The van der Waals surface area contributed by atoms with Gasteiger partial charge in [-0.3, -0.25) is 14.9 Å². The average molecular weight is 352 g/mol. The van der Waals surface area contributed by atoms with Gasteiger partial charge in [0.1, 0.15) is 11.5 Å². The molecule has 1 heterocycles. The Labute approximate surface area is 150 Å². The van der Waals surface area contributed by atoms with Gasteiger partial charge in [0.2, 0.25) is 0 Å². The maximum atomic E-state index is 11.5. The highest BCUT2D eigenvalue weighted by Gasteiger charge is 2.21. The lowest BCUT2D eigenvalue weighted by Crippen LogP contribution is -2.14. The van der Waals surface area contributed by atoms with Crippen molar-refractivity contribution >= 4 is 28.2 Å². The van der Waals surface area contributed by atoms with E-state index >= 15 is 0 Å². The standard InChI is InChI=1S/C19H20N4O3/c1-4-22-17-8-6-5-7-15(17)21-19(22)12(2)20-16-10-9-14(13(3)24)11-18(16)23(25)26/h5-12,20H,4H2,1-3H3. The summed E-state index contributed by atoms with van der Waals surface area (Å²) in [6, 6.07) is 12.1. The van der Waals surface area contributed by atoms with Crippen molar-refractivity contribution in [1.82, 2.24) is 9.55 Å². The summed E-state index contributed by atoms with van der Waals surface area (Å²) in [6.45, 7) is 6.08. The first-order valence-corrected chi connectivity index (χ1v) is 8.43. The largest absolute Gasteiger partial charge is 0.370 e. The minimum Gasteiger partial charge on any atom is -0.370 e. The van der Waals surface area contributed by atoms with Crippen molar-refractivity contribution in [2.24, 2.45) is 0 Å². The van der Waals surface area contributed by atoms with Crippen LogP contribution in [0.25, 0.3) is 11.0 Å². The number of carbonyl (C=O) groups excluding carboxylic acids is 1. The maximum Gasteiger partial charge on any atom is 0.293 e. The zero-order chi connectivity index (χ0) is 18.8. The molecule has 7 heteroatoms. The third-order valence-electron chi connectivity index (χ3n) is 4.36. The fraction of sp³-hybridized carbons (Fsp3) is 0.263. The van der Waals surface area contributed by atoms with Crippen LogP contribution >= 0.6 is 0 Å². The minimum absolute atomic E-state index is 0.122. The Morgan fingerprint density at radius 2 is 2.04 bits per heavy atom. The molecule has 0 aliphatic carbocycles. The highest BCUT2D eigenvalue weighted by molar-refractivity contribution is 5.95. The molecule has 0 radical (unpaired) electrons. The number of para-hydroxylation sites is 2. The van der Waals surface area contributed by atoms with Gasteiger partial charge in [0, 0.05) is 18.2 Å². The van der Waals surface area contributed by atoms with Gasteiger partial charge in [0.05, 0.1) is 22.0 Å². The Kier molecular flexibility index (Phi) is 4.71. The van der Waals surface area contributed by atoms with Crippen molar-refractivity contribution in [2.75, 3.05) is 5.32 Å². The average Bonchev–Trinajstić information content (AvgIpc) is 3.00. The number of carbonyl (C=O) groups is 1. The van der Waals surface area contributed by atoms with Crippen molar-refractivity contribution in [3.63, 3.8) is 0 Å². The molecule has 1 aromatic heterocycles. The second-order valence-corrected chi connectivity index (χ2v) is 6.11. The third-order valence-corrected chi connectivity index (χ3v) is 4.36. The zero-order valence-corrected chi connectivity index (χ0v) is 14.9. The molecule has 0 saturated carbocycles. The molecule has 0 fully saturated rings. The molecule has 1 N–H and O–H groups in total. The molecule has 1 unspecified atom stereocenters. The molecule has 3 rings (SSSR count). The predicted molar refractivity (Wildman–Crippen MR) is 101 cm³/mol. The summed E-state index contributed by atoms with van der Waals surface area (Å²) in [5.41, 5.74) is 2.47. The Hall–Kier alpha value is -3.22. The highest BCUT2D eigenvalue weighted by atomic mass is 16.6. The van der Waals surface area contributed by atoms with Gasteiger partial charge in [-0.05, 0) is 45.0 Å². The van der Waals surface area contributed by atoms with Crippen LogP contribution in [0, 0.1) is 10.1 Å². The van der Waals surface area contributed by atoms with Gasteiger partial charge in [0.25, 0.3) is 5.69 Å². The number of ketones is 1. The lowest BCUT2D eigenvalue weighted by atomic mass is 10.1. The fourth-order valence-electron chi connectivity index (χ4n) is 3.08. The van der Waals surface area contributed by atoms with E-state index in [2.05, 4.69) is 14.9 Å². The molecule has 7 nitrogen and oxygen atoms in total. The van der Waals surface area contributed by atoms with Crippen molar-refractivity contribution < 1.29 is 9.72 Å². The Morgan fingerprint density at radius 3 is 2.69 bits per heavy atom. The van der Waals surface area contributed by atoms with Gasteiger partial charge in [-0.2, -0.15) is 0 Å². The first-order valence-electron chi connectivity index (χ1n) is 8.43. The highest BCUT2D eigenvalue weighted by Crippen LogP contribution is 2.30. The summed E-state index contributed by atoms with van der Waals surface area (Å²) in [5.74, 6) is 0.596. The van der Waals surface area contributed by atoms with Crippen LogP contribution in [0.3, 0.4) is 0 Å². The number of nitro benzene ring substituents is 1. The van der Waals surface area contributed by atoms with Crippen LogP contribution in [0.4, 0.5) is 11.4 Å². The van der Waals surface area contributed by atoms with Gasteiger partial charge in [0.15, 0.2) is 5.78 Å². The minimum atomic E-state index is -0.482. The van der Waals surface area contributed by atoms with Crippen LogP contribution in [-0.4, -0.2) is 20.3 Å². The predicted octanol–water partition coefficient (Wildman–Crippen LogP) is 4.34. The molecule has 0 aliphatic heterocycles. The second kappa shape index (κ2) is 6.95. The van der Waals surface area contributed by atoms with Crippen LogP contribution in [0.15, 0.2) is 42.5 Å². The number of fused-ring (bicyclic) bond motifs is 1. The fourth-order valence-corrected chi connectivity index (χ4v) is 3.08. The Morgan fingerprint density at radius 1 is 1.31 bits per heavy atom. The summed E-state index contributed by atoms with van der Waals surface area (Å²) in [4.78, 5) is 27.1. The number of nitrogens with one attached hydrogen (secondary N) is 1. The summed E-state index contributed by atoms with van der Waals surface area (Å²) >= 11 is 0. The normalized spacial score (nSPS) is 12.1. The summed E-state index contributed by atoms with van der Waals surface area (Å²) in [6.07, 6.45) is 0. The van der Waals surface area contributed by atoms with E-state index in [1.165, 1.54) is 13.0 Å². The second-order valence-electron chi connectivity index (χ2n) is 6.11. The maximum absolute atomic E-state index is 11.5. The smallest absolute Gasteiger partial charge is 0.293 e. The molecule has 26 heavy (non-hydrogen) atoms. The quantitative estimate of drug-likeness (QED) is 0.405. The van der Waals surface area contributed by atoms with Gasteiger partial charge in [-0.25, -0.2) is 4.98 Å². The van der Waals surface area contributed by atoms with Crippen molar-refractivity contribution in [3.05, 3.63) is 64.0 Å². The number of rotatable bonds is 6. The molecule has 2 aromatic carbocycles. The number of nitro groups is 1. The van der Waals surface area contributed by atoms with Gasteiger partial charge >= 0.3 is 0 Å². The van der Waals surface area contributed by atoms with Crippen molar-refractivity contribution in [1.29, 1.82) is 0 Å². The van der Waals surface area contributed by atoms with Crippen molar-refractivity contribution in [3.8, 4) is 0 Å². The summed E-state index contributed by atoms with van der Waals surface area (Å²) in [5, 5.41) is 14.6. The molecular formula is C19H20N4O3. The lowest BCUT2D eigenvalue weighted by Gasteiger charge is -2.16. The molecule has 0 spiro atoms. The van der Waals surface area contributed by atoms with Crippen molar-refractivity contribution in [2.45, 2.75) is 33.4 Å². The molecule has 0 saturated heterocycles. The van der Waals surface area contributed by atoms with E-state index in [0.29, 0.717) is 11.3 Å². The zero-order valence-electron chi connectivity index (χ0n) is 14.9. The van der Waals surface area contributed by atoms with Crippen LogP contribution in [0.5, 0.6) is 0 Å². The SMILES string of the molecule is CCn1c(C(C)Nc2ccc(C(C)=O)cc2[N+](=O)[O-])nc2ccccc21. The molecular weight excluding hydrogens is 332 g/mol. The van der Waals surface area contributed by atoms with Gasteiger partial charge < -0.3 is 9.88 Å². The van der Waals surface area contributed by atoms with E-state index in [-0.39, 0.29) is 17.5 Å². The number of Topliss-reactive ketones (excluding diaryl/α,β-unsaturated/α-hetero) is 1. The van der Waals surface area contributed by atoms with E-state index in [4.69, 9.17) is 0 Å². The Bertz CT molecular complexity index is 994. The van der Waals surface area contributed by atoms with Crippen LogP contribution in [0.1, 0.15) is 43.0 Å². The van der Waals surface area contributed by atoms with Gasteiger partial charge in [-0.1, -0.05) is 12.1 Å². The first-order chi connectivity index (χ1) is 12.4. The van der Waals surface area contributed by atoms with E-state index in [9.17, 15) is 14.9 Å². The number of hydrogen-bond acceptors (Lipinski definition) is 5. The number of nitrogens with zero attached hydrogens (tertiary/aromatic N) is 3. The molecule has 1 atom stereocenters. The molecule has 0 amide bonds. The van der Waals surface area contributed by atoms with E-state index in [1.807, 2.05) is 38.1 Å². The number of imidazole rings is 1. The van der Waals surface area contributed by atoms with Crippen LogP contribution in [-0.2, 0) is 6.54 Å². The molecule has 0 bridgehead atoms. The molecule has 3 aromatic rings. The molecule has 134 valence electrons. The molecule has 0 aliphatic rings. The van der Waals surface area contributed by atoms with E-state index < -0.39 is 4.92 Å². The first kappa shape index (κ1) is 17.6. The lowest BCUT2D eigenvalue weighted by molar-refractivity contribution is -0.384. The monoisotopic (exact) mass is 352 g/mol. The number of hydrogen-bond donors (Lipinski definition) is 1. The number of aryl methyl sites for hydroxylation is 1. The number of benzene rings is 2. The number of aromatic nitrogens is 2. The van der Waals surface area contributed by atoms with E-state index in [1.54, 1.807) is 12.1 Å². The third kappa shape index (κ3) is 3.15. The topological polar surface area (TPSA) is 90.1 Å². The van der Waals surface area contributed by atoms with Crippen LogP contribution in [0.2, 0.25) is 0 Å².